The van der Waals surface area contributed by atoms with E-state index in [0.717, 1.165) is 49.1 Å². The summed E-state index contributed by atoms with van der Waals surface area (Å²) >= 11 is 6.02. The van der Waals surface area contributed by atoms with Crippen LogP contribution in [0.3, 0.4) is 0 Å². The van der Waals surface area contributed by atoms with E-state index in [-0.39, 0.29) is 17.6 Å². The first kappa shape index (κ1) is 23.1. The Kier molecular flexibility index (Phi) is 7.91. The zero-order valence-electron chi connectivity index (χ0n) is 17.2. The van der Waals surface area contributed by atoms with Crippen LogP contribution in [0.1, 0.15) is 55.6 Å². The topological polar surface area (TPSA) is 86.6 Å². The highest BCUT2D eigenvalue weighted by molar-refractivity contribution is 6.30. The maximum absolute atomic E-state index is 14.3. The molecule has 31 heavy (non-hydrogen) atoms. The van der Waals surface area contributed by atoms with Crippen LogP contribution in [0.5, 0.6) is 0 Å². The third-order valence-electron chi connectivity index (χ3n) is 5.89. The molecular weight excluding hydrogens is 421 g/mol. The van der Waals surface area contributed by atoms with Gasteiger partial charge < -0.3 is 15.5 Å². The Balaban J connectivity index is 0.000000628. The molecule has 2 aromatic carbocycles. The van der Waals surface area contributed by atoms with E-state index in [4.69, 9.17) is 26.6 Å². The molecule has 0 bridgehead atoms. The maximum atomic E-state index is 14.3. The summed E-state index contributed by atoms with van der Waals surface area (Å²) in [6, 6.07) is 12.6. The van der Waals surface area contributed by atoms with Crippen LogP contribution in [0.15, 0.2) is 42.5 Å². The number of carbonyl (C=O) groups excluding carboxylic acids is 1. The Hall–Kier alpha value is -2.60. The van der Waals surface area contributed by atoms with Gasteiger partial charge in [0, 0.05) is 5.02 Å². The molecule has 0 heterocycles. The molecule has 1 amide bonds. The Morgan fingerprint density at radius 1 is 1.03 bits per heavy atom. The fourth-order valence-electron chi connectivity index (χ4n) is 4.26. The van der Waals surface area contributed by atoms with E-state index in [0.29, 0.717) is 16.6 Å². The lowest BCUT2D eigenvalue weighted by Crippen LogP contribution is -2.27. The van der Waals surface area contributed by atoms with Crippen molar-refractivity contribution in [2.24, 2.45) is 11.8 Å². The molecule has 2 fully saturated rings. The molecule has 0 aromatic heterocycles. The van der Waals surface area contributed by atoms with Gasteiger partial charge in [-0.3, -0.25) is 4.79 Å². The molecule has 7 heteroatoms. The van der Waals surface area contributed by atoms with Crippen molar-refractivity contribution in [3.63, 3.8) is 0 Å². The first-order valence-electron chi connectivity index (χ1n) is 10.6. The fraction of sp³-hybridized carbons (Fsp3) is 0.417. The van der Waals surface area contributed by atoms with Gasteiger partial charge in [-0.05, 0) is 79.3 Å². The first-order chi connectivity index (χ1) is 14.8. The number of hydrogen-bond acceptors (Lipinski definition) is 2. The Morgan fingerprint density at radius 2 is 1.65 bits per heavy atom. The molecule has 3 N–H and O–H groups in total. The lowest BCUT2D eigenvalue weighted by molar-refractivity contribution is -0.118. The Morgan fingerprint density at radius 3 is 2.23 bits per heavy atom. The third kappa shape index (κ3) is 6.96. The van der Waals surface area contributed by atoms with Gasteiger partial charge in [0.2, 0.25) is 5.91 Å². The minimum absolute atomic E-state index is 0.119. The van der Waals surface area contributed by atoms with Crippen LogP contribution in [0, 0.1) is 17.7 Å². The summed E-state index contributed by atoms with van der Waals surface area (Å²) in [4.78, 5) is 21.7. The SMILES string of the molecule is O=C(Nc1cc(CC2CC2)ccc1F)C(c1ccc(Cl)cc1)C1CCCC1.O=C(O)O. The van der Waals surface area contributed by atoms with E-state index in [1.54, 1.807) is 6.07 Å². The van der Waals surface area contributed by atoms with Gasteiger partial charge in [-0.15, -0.1) is 0 Å². The Labute approximate surface area is 186 Å². The molecule has 1 unspecified atom stereocenters. The van der Waals surface area contributed by atoms with Crippen LogP contribution in [-0.2, 0) is 11.2 Å². The molecule has 2 aromatic rings. The second kappa shape index (κ2) is 10.6. The summed E-state index contributed by atoms with van der Waals surface area (Å²) in [5, 5.41) is 17.5. The number of carbonyl (C=O) groups is 2. The largest absolute Gasteiger partial charge is 0.503 e. The van der Waals surface area contributed by atoms with Crippen molar-refractivity contribution in [2.45, 2.75) is 50.9 Å². The van der Waals surface area contributed by atoms with E-state index in [9.17, 15) is 9.18 Å². The van der Waals surface area contributed by atoms with Gasteiger partial charge in [0.15, 0.2) is 0 Å². The van der Waals surface area contributed by atoms with Gasteiger partial charge in [0.25, 0.3) is 0 Å². The van der Waals surface area contributed by atoms with Crippen LogP contribution in [0.4, 0.5) is 14.9 Å². The predicted molar refractivity (Wildman–Crippen MR) is 118 cm³/mol. The molecule has 0 spiro atoms. The smallest absolute Gasteiger partial charge is 0.450 e. The van der Waals surface area contributed by atoms with Crippen molar-refractivity contribution in [3.05, 3.63) is 64.4 Å². The van der Waals surface area contributed by atoms with Crippen molar-refractivity contribution < 1.29 is 24.2 Å². The number of benzene rings is 2. The molecular formula is C24H27ClFNO4. The van der Waals surface area contributed by atoms with Crippen LogP contribution >= 0.6 is 11.6 Å². The molecule has 0 radical (unpaired) electrons. The fourth-order valence-corrected chi connectivity index (χ4v) is 4.39. The summed E-state index contributed by atoms with van der Waals surface area (Å²) in [6.07, 6.45) is 5.99. The minimum atomic E-state index is -1.83. The van der Waals surface area contributed by atoms with E-state index in [1.807, 2.05) is 30.3 Å². The average Bonchev–Trinajstić information content (AvgIpc) is 3.36. The van der Waals surface area contributed by atoms with Gasteiger partial charge in [-0.1, -0.05) is 42.6 Å². The number of carboxylic acid groups (broad SMARTS) is 2. The summed E-state index contributed by atoms with van der Waals surface area (Å²) in [7, 11) is 0. The molecule has 2 aliphatic carbocycles. The van der Waals surface area contributed by atoms with Crippen LogP contribution in [0.2, 0.25) is 5.02 Å². The number of nitrogens with one attached hydrogen (secondary N) is 1. The number of amides is 1. The molecule has 166 valence electrons. The highest BCUT2D eigenvalue weighted by Gasteiger charge is 2.32. The molecule has 5 nitrogen and oxygen atoms in total. The van der Waals surface area contributed by atoms with Crippen LogP contribution in [0.25, 0.3) is 0 Å². The highest BCUT2D eigenvalue weighted by atomic mass is 35.5. The summed E-state index contributed by atoms with van der Waals surface area (Å²) < 4.78 is 14.3. The monoisotopic (exact) mass is 447 g/mol. The van der Waals surface area contributed by atoms with E-state index < -0.39 is 6.16 Å². The van der Waals surface area contributed by atoms with Gasteiger partial charge >= 0.3 is 6.16 Å². The van der Waals surface area contributed by atoms with Gasteiger partial charge in [-0.25, -0.2) is 9.18 Å². The standard InChI is InChI=1S/C23H25ClFNO.CH2O3/c24-19-10-8-18(9-11-19)22(17-3-1-2-4-17)23(27)26-21-14-16(7-12-20(21)25)13-15-5-6-15;2-1(3)4/h7-12,14-15,17,22H,1-6,13H2,(H,26,27);(H2,2,3,4). The van der Waals surface area contributed by atoms with Crippen molar-refractivity contribution in [3.8, 4) is 0 Å². The summed E-state index contributed by atoms with van der Waals surface area (Å²) in [5.41, 5.74) is 2.35. The summed E-state index contributed by atoms with van der Waals surface area (Å²) in [5.74, 6) is 0.260. The van der Waals surface area contributed by atoms with Crippen molar-refractivity contribution in [1.82, 2.24) is 0 Å². The highest BCUT2D eigenvalue weighted by Crippen LogP contribution is 2.39. The zero-order valence-corrected chi connectivity index (χ0v) is 17.9. The van der Waals surface area contributed by atoms with Crippen LogP contribution < -0.4 is 5.32 Å². The molecule has 0 saturated heterocycles. The van der Waals surface area contributed by atoms with Gasteiger partial charge in [0.05, 0.1) is 11.6 Å². The molecule has 0 aliphatic heterocycles. The quantitative estimate of drug-likeness (QED) is 0.467. The zero-order chi connectivity index (χ0) is 22.4. The number of hydrogen-bond donors (Lipinski definition) is 3. The molecule has 4 rings (SSSR count). The second-order valence-corrected chi connectivity index (χ2v) is 8.74. The second-order valence-electron chi connectivity index (χ2n) is 8.31. The van der Waals surface area contributed by atoms with Crippen molar-refractivity contribution in [2.75, 3.05) is 5.32 Å². The Bertz CT molecular complexity index is 904. The van der Waals surface area contributed by atoms with Gasteiger partial charge in [-0.2, -0.15) is 0 Å². The van der Waals surface area contributed by atoms with Gasteiger partial charge in [0.1, 0.15) is 5.82 Å². The van der Waals surface area contributed by atoms with E-state index in [1.165, 1.54) is 18.9 Å². The van der Waals surface area contributed by atoms with E-state index >= 15 is 0 Å². The average molecular weight is 448 g/mol. The number of rotatable bonds is 6. The molecule has 1 atom stereocenters. The minimum Gasteiger partial charge on any atom is -0.450 e. The number of anilines is 1. The van der Waals surface area contributed by atoms with Crippen molar-refractivity contribution in [1.29, 1.82) is 0 Å². The first-order valence-corrected chi connectivity index (χ1v) is 11.0. The number of halogens is 2. The third-order valence-corrected chi connectivity index (χ3v) is 6.14. The molecule has 2 saturated carbocycles. The van der Waals surface area contributed by atoms with E-state index in [2.05, 4.69) is 5.32 Å². The lowest BCUT2D eigenvalue weighted by atomic mass is 9.84. The predicted octanol–water partition coefficient (Wildman–Crippen LogP) is 6.57. The van der Waals surface area contributed by atoms with Crippen molar-refractivity contribution >= 4 is 29.4 Å². The summed E-state index contributed by atoms with van der Waals surface area (Å²) in [6.45, 7) is 0. The lowest BCUT2D eigenvalue weighted by Gasteiger charge is -2.23. The maximum Gasteiger partial charge on any atom is 0.503 e. The molecule has 2 aliphatic rings. The van der Waals surface area contributed by atoms with Crippen LogP contribution in [-0.4, -0.2) is 22.3 Å². The normalized spacial score (nSPS) is 16.8.